The highest BCUT2D eigenvalue weighted by molar-refractivity contribution is 8.01. The summed E-state index contributed by atoms with van der Waals surface area (Å²) in [4.78, 5) is 11.2. The normalized spacial score (nSPS) is 12.2. The van der Waals surface area contributed by atoms with Crippen LogP contribution in [0.5, 0.6) is 0 Å². The molecular weight excluding hydrogens is 184 g/mol. The van der Waals surface area contributed by atoms with Crippen LogP contribution < -0.4 is 0 Å². The van der Waals surface area contributed by atoms with Gasteiger partial charge in [-0.05, 0) is 13.8 Å². The molecule has 0 rings (SSSR count). The second-order valence-electron chi connectivity index (χ2n) is 4.30. The summed E-state index contributed by atoms with van der Waals surface area (Å²) in [6.07, 6.45) is 0.142. The number of carbonyl (C=O) groups excluding carboxylic acids is 1. The Hall–Kier alpha value is -0.0200. The number of Topliss-reactive ketones (excluding diaryl/α,β-unsaturated/α-hetero) is 1. The van der Waals surface area contributed by atoms with Crippen molar-refractivity contribution in [2.24, 2.45) is 0 Å². The summed E-state index contributed by atoms with van der Waals surface area (Å²) < 4.78 is 5.37. The largest absolute Gasteiger partial charge is 0.371 e. The van der Waals surface area contributed by atoms with Gasteiger partial charge in [-0.3, -0.25) is 4.79 Å². The van der Waals surface area contributed by atoms with Crippen molar-refractivity contribution >= 4 is 17.5 Å². The van der Waals surface area contributed by atoms with Gasteiger partial charge in [-0.25, -0.2) is 0 Å². The first-order chi connectivity index (χ1) is 5.81. The zero-order valence-corrected chi connectivity index (χ0v) is 10.0. The second-order valence-corrected chi connectivity index (χ2v) is 6.10. The van der Waals surface area contributed by atoms with Gasteiger partial charge < -0.3 is 4.74 Å². The maximum atomic E-state index is 11.2. The van der Waals surface area contributed by atoms with Crippen LogP contribution in [-0.2, 0) is 9.53 Å². The van der Waals surface area contributed by atoms with Crippen molar-refractivity contribution in [3.63, 3.8) is 0 Å². The molecule has 0 bridgehead atoms. The molecule has 13 heavy (non-hydrogen) atoms. The first-order valence-electron chi connectivity index (χ1n) is 4.58. The van der Waals surface area contributed by atoms with Crippen LogP contribution in [0.4, 0.5) is 0 Å². The Labute approximate surface area is 85.4 Å². The molecular formula is C10H20O2S. The van der Waals surface area contributed by atoms with E-state index in [1.165, 1.54) is 0 Å². The molecule has 0 saturated heterocycles. The molecule has 0 heterocycles. The molecule has 0 atom stereocenters. The number of hydrogen-bond donors (Lipinski definition) is 0. The molecule has 0 aliphatic heterocycles. The van der Waals surface area contributed by atoms with E-state index in [-0.39, 0.29) is 23.2 Å². The fourth-order valence-electron chi connectivity index (χ4n) is 0.598. The van der Waals surface area contributed by atoms with Gasteiger partial charge >= 0.3 is 0 Å². The van der Waals surface area contributed by atoms with Crippen molar-refractivity contribution in [3.8, 4) is 0 Å². The lowest BCUT2D eigenvalue weighted by atomic mass is 10.3. The van der Waals surface area contributed by atoms with Crippen LogP contribution in [0.2, 0.25) is 0 Å². The van der Waals surface area contributed by atoms with E-state index < -0.39 is 0 Å². The van der Waals surface area contributed by atoms with Crippen LogP contribution in [0.15, 0.2) is 0 Å². The Kier molecular flexibility index (Phi) is 5.65. The summed E-state index contributed by atoms with van der Waals surface area (Å²) >= 11 is 1.66. The molecule has 0 radical (unpaired) electrons. The van der Waals surface area contributed by atoms with Crippen molar-refractivity contribution in [1.29, 1.82) is 0 Å². The maximum absolute atomic E-state index is 11.2. The lowest BCUT2D eigenvalue weighted by molar-refractivity contribution is -0.122. The lowest BCUT2D eigenvalue weighted by Gasteiger charge is -2.16. The van der Waals surface area contributed by atoms with Crippen LogP contribution in [0, 0.1) is 0 Å². The first kappa shape index (κ1) is 13.0. The Balaban J connectivity index is 3.53. The number of ketones is 1. The predicted octanol–water partition coefficient (Wildman–Crippen LogP) is 2.51. The van der Waals surface area contributed by atoms with E-state index in [1.807, 2.05) is 13.8 Å². The number of hydrogen-bond acceptors (Lipinski definition) is 3. The van der Waals surface area contributed by atoms with E-state index >= 15 is 0 Å². The molecule has 78 valence electrons. The minimum atomic E-state index is 0.142. The van der Waals surface area contributed by atoms with Gasteiger partial charge in [-0.2, -0.15) is 0 Å². The quantitative estimate of drug-likeness (QED) is 0.688. The second kappa shape index (κ2) is 5.66. The monoisotopic (exact) mass is 204 g/mol. The van der Waals surface area contributed by atoms with Gasteiger partial charge in [0.15, 0.2) is 5.78 Å². The minimum absolute atomic E-state index is 0.142. The third-order valence-corrected chi connectivity index (χ3v) is 2.58. The van der Waals surface area contributed by atoms with Crippen molar-refractivity contribution in [3.05, 3.63) is 0 Å². The average molecular weight is 204 g/mol. The van der Waals surface area contributed by atoms with Gasteiger partial charge in [0.05, 0.1) is 11.9 Å². The Morgan fingerprint density at radius 1 is 1.38 bits per heavy atom. The van der Waals surface area contributed by atoms with E-state index in [4.69, 9.17) is 4.74 Å². The summed E-state index contributed by atoms with van der Waals surface area (Å²) in [5.74, 6) is 0.726. The summed E-state index contributed by atoms with van der Waals surface area (Å²) in [6, 6.07) is 0. The van der Waals surface area contributed by atoms with Crippen LogP contribution in [0.1, 0.15) is 34.6 Å². The van der Waals surface area contributed by atoms with Crippen molar-refractivity contribution in [2.75, 3.05) is 12.4 Å². The molecule has 0 aromatic carbocycles. The van der Waals surface area contributed by atoms with Gasteiger partial charge in [0, 0.05) is 4.75 Å². The molecule has 0 fully saturated rings. The third kappa shape index (κ3) is 9.90. The molecule has 0 saturated carbocycles. The molecule has 3 heteroatoms. The average Bonchev–Trinajstić information content (AvgIpc) is 1.95. The van der Waals surface area contributed by atoms with Gasteiger partial charge in [0.2, 0.25) is 0 Å². The SMILES string of the molecule is CC(C)OCC(=O)CSC(C)(C)C. The molecule has 0 aliphatic carbocycles. The molecule has 0 aromatic heterocycles. The van der Waals surface area contributed by atoms with E-state index in [0.717, 1.165) is 0 Å². The summed E-state index contributed by atoms with van der Waals surface area (Å²) in [6.45, 7) is 10.4. The molecule has 0 aliphatic rings. The smallest absolute Gasteiger partial charge is 0.168 e. The van der Waals surface area contributed by atoms with Crippen LogP contribution in [0.3, 0.4) is 0 Å². The Morgan fingerprint density at radius 3 is 2.31 bits per heavy atom. The molecule has 2 nitrogen and oxygen atoms in total. The zero-order chi connectivity index (χ0) is 10.5. The standard InChI is InChI=1S/C10H20O2S/c1-8(2)12-6-9(11)7-13-10(3,4)5/h8H,6-7H2,1-5H3. The van der Waals surface area contributed by atoms with Gasteiger partial charge in [0.25, 0.3) is 0 Å². The fourth-order valence-corrected chi connectivity index (χ4v) is 1.28. The van der Waals surface area contributed by atoms with E-state index in [9.17, 15) is 4.79 Å². The maximum Gasteiger partial charge on any atom is 0.168 e. The molecule has 0 N–H and O–H groups in total. The summed E-state index contributed by atoms with van der Waals surface area (Å²) in [7, 11) is 0. The van der Waals surface area contributed by atoms with Gasteiger partial charge in [-0.1, -0.05) is 20.8 Å². The molecule has 0 aromatic rings. The fraction of sp³-hybridized carbons (Fsp3) is 0.900. The summed E-state index contributed by atoms with van der Waals surface area (Å²) in [5, 5.41) is 0. The minimum Gasteiger partial charge on any atom is -0.371 e. The van der Waals surface area contributed by atoms with E-state index in [2.05, 4.69) is 20.8 Å². The number of thioether (sulfide) groups is 1. The molecule has 0 amide bonds. The molecule has 0 unspecified atom stereocenters. The lowest BCUT2D eigenvalue weighted by Crippen LogP contribution is -2.18. The van der Waals surface area contributed by atoms with Crippen LogP contribution >= 0.6 is 11.8 Å². The summed E-state index contributed by atoms with van der Waals surface area (Å²) in [5.41, 5.74) is 0. The van der Waals surface area contributed by atoms with Crippen molar-refractivity contribution in [2.45, 2.75) is 45.5 Å². The van der Waals surface area contributed by atoms with E-state index in [1.54, 1.807) is 11.8 Å². The topological polar surface area (TPSA) is 26.3 Å². The van der Waals surface area contributed by atoms with Crippen molar-refractivity contribution in [1.82, 2.24) is 0 Å². The van der Waals surface area contributed by atoms with Crippen LogP contribution in [-0.4, -0.2) is 29.0 Å². The van der Waals surface area contributed by atoms with Crippen LogP contribution in [0.25, 0.3) is 0 Å². The third-order valence-electron chi connectivity index (χ3n) is 1.24. The predicted molar refractivity (Wildman–Crippen MR) is 58.3 cm³/mol. The highest BCUT2D eigenvalue weighted by atomic mass is 32.2. The highest BCUT2D eigenvalue weighted by Gasteiger charge is 2.13. The number of ether oxygens (including phenoxy) is 1. The highest BCUT2D eigenvalue weighted by Crippen LogP contribution is 2.22. The number of carbonyl (C=O) groups is 1. The first-order valence-corrected chi connectivity index (χ1v) is 5.57. The number of rotatable bonds is 5. The Bertz CT molecular complexity index is 159. The Morgan fingerprint density at radius 2 is 1.92 bits per heavy atom. The zero-order valence-electron chi connectivity index (χ0n) is 9.22. The van der Waals surface area contributed by atoms with Gasteiger partial charge in [0.1, 0.15) is 6.61 Å². The van der Waals surface area contributed by atoms with Gasteiger partial charge in [-0.15, -0.1) is 11.8 Å². The molecule has 0 spiro atoms. The van der Waals surface area contributed by atoms with Crippen molar-refractivity contribution < 1.29 is 9.53 Å². The van der Waals surface area contributed by atoms with E-state index in [0.29, 0.717) is 5.75 Å².